The van der Waals surface area contributed by atoms with Crippen LogP contribution in [0.1, 0.15) is 11.1 Å². The summed E-state index contributed by atoms with van der Waals surface area (Å²) < 4.78 is 3.10. The quantitative estimate of drug-likeness (QED) is 0.245. The Balaban J connectivity index is 1.72. The van der Waals surface area contributed by atoms with Crippen LogP contribution in [0.25, 0.3) is 31.6 Å². The van der Waals surface area contributed by atoms with Gasteiger partial charge in [-0.25, -0.2) is 4.99 Å². The number of nitrogens with zero attached hydrogens (tertiary/aromatic N) is 5. The van der Waals surface area contributed by atoms with Crippen LogP contribution in [0, 0.1) is 34.0 Å². The molecule has 0 aliphatic carbocycles. The van der Waals surface area contributed by atoms with E-state index < -0.39 is 0 Å². The molecule has 0 atom stereocenters. The number of aliphatic imine (C=N–C) groups is 1. The number of hydrogen-bond donors (Lipinski definition) is 0. The molecule has 6 rings (SSSR count). The average Bonchev–Trinajstić information content (AvgIpc) is 3.54. The van der Waals surface area contributed by atoms with E-state index in [9.17, 15) is 15.8 Å². The summed E-state index contributed by atoms with van der Waals surface area (Å²) in [5, 5.41) is 32.1. The molecule has 0 saturated carbocycles. The molecule has 0 N–H and O–H groups in total. The van der Waals surface area contributed by atoms with Crippen molar-refractivity contribution in [3.05, 3.63) is 95.6 Å². The SMILES string of the molecule is N#CC(C#N)=C1/C(=N/c2c(C#N)c3c4ccccc4sc3n2-c2ccccc2)Sc2ccccc21. The van der Waals surface area contributed by atoms with E-state index in [-0.39, 0.29) is 5.57 Å². The topological polar surface area (TPSA) is 88.7 Å². The molecule has 7 heteroatoms. The van der Waals surface area contributed by atoms with Crippen LogP contribution in [0.5, 0.6) is 0 Å². The normalized spacial score (nSPS) is 13.5. The van der Waals surface area contributed by atoms with Gasteiger partial charge in [-0.3, -0.25) is 4.57 Å². The predicted molar refractivity (Wildman–Crippen MR) is 141 cm³/mol. The summed E-state index contributed by atoms with van der Waals surface area (Å²) in [6, 6.07) is 31.9. The fraction of sp³-hybridized carbons (Fsp3) is 0. The van der Waals surface area contributed by atoms with Crippen LogP contribution in [0.15, 0.2) is 94.3 Å². The van der Waals surface area contributed by atoms with Gasteiger partial charge in [0, 0.05) is 37.2 Å². The van der Waals surface area contributed by atoms with E-state index in [4.69, 9.17) is 4.99 Å². The van der Waals surface area contributed by atoms with Gasteiger partial charge in [-0.1, -0.05) is 66.4 Å². The average molecular weight is 484 g/mol. The minimum Gasteiger partial charge on any atom is -0.284 e. The van der Waals surface area contributed by atoms with Gasteiger partial charge in [-0.2, -0.15) is 15.8 Å². The fourth-order valence-corrected chi connectivity index (χ4v) is 6.68. The number of aromatic nitrogens is 1. The molecule has 0 bridgehead atoms. The molecule has 0 unspecified atom stereocenters. The Morgan fingerprint density at radius 2 is 1.54 bits per heavy atom. The first kappa shape index (κ1) is 21.0. The Labute approximate surface area is 209 Å². The van der Waals surface area contributed by atoms with Gasteiger partial charge < -0.3 is 0 Å². The van der Waals surface area contributed by atoms with E-state index in [1.54, 1.807) is 11.3 Å². The van der Waals surface area contributed by atoms with Gasteiger partial charge in [0.25, 0.3) is 0 Å². The Bertz CT molecular complexity index is 1840. The lowest BCUT2D eigenvalue weighted by Crippen LogP contribution is -1.97. The number of fused-ring (bicyclic) bond motifs is 4. The minimum atomic E-state index is 0.00443. The van der Waals surface area contributed by atoms with Gasteiger partial charge in [0.15, 0.2) is 5.82 Å². The highest BCUT2D eigenvalue weighted by Gasteiger charge is 2.29. The van der Waals surface area contributed by atoms with Gasteiger partial charge in [0.05, 0.1) is 0 Å². The fourth-order valence-electron chi connectivity index (χ4n) is 4.37. The number of thioether (sulfide) groups is 1. The summed E-state index contributed by atoms with van der Waals surface area (Å²) in [7, 11) is 0. The Morgan fingerprint density at radius 1 is 0.829 bits per heavy atom. The van der Waals surface area contributed by atoms with Crippen LogP contribution in [0.2, 0.25) is 0 Å². The molecule has 0 fully saturated rings. The molecule has 0 radical (unpaired) electrons. The molecule has 3 aromatic carbocycles. The highest BCUT2D eigenvalue weighted by Crippen LogP contribution is 2.47. The largest absolute Gasteiger partial charge is 0.284 e. The lowest BCUT2D eigenvalue weighted by atomic mass is 10.0. The molecule has 0 amide bonds. The van der Waals surface area contributed by atoms with Crippen LogP contribution in [0.4, 0.5) is 5.82 Å². The number of benzene rings is 3. The van der Waals surface area contributed by atoms with Gasteiger partial charge in [-0.15, -0.1) is 11.3 Å². The maximum atomic E-state index is 10.3. The lowest BCUT2D eigenvalue weighted by Gasteiger charge is -2.08. The molecule has 0 spiro atoms. The third-order valence-corrected chi connectivity index (χ3v) is 8.07. The zero-order valence-electron chi connectivity index (χ0n) is 18.1. The number of thiophene rings is 1. The van der Waals surface area contributed by atoms with Gasteiger partial charge in [-0.05, 0) is 24.3 Å². The molecular formula is C28H13N5S2. The van der Waals surface area contributed by atoms with E-state index >= 15 is 0 Å². The molecule has 2 aromatic heterocycles. The summed E-state index contributed by atoms with van der Waals surface area (Å²) in [6.07, 6.45) is 0. The number of nitriles is 3. The summed E-state index contributed by atoms with van der Waals surface area (Å²) in [6.45, 7) is 0. The first-order valence-electron chi connectivity index (χ1n) is 10.7. The Hall–Kier alpha value is -4.61. The Kier molecular flexibility index (Phi) is 4.98. The lowest BCUT2D eigenvalue weighted by molar-refractivity contribution is 1.12. The maximum absolute atomic E-state index is 10.3. The number of hydrogen-bond acceptors (Lipinski definition) is 6. The zero-order chi connectivity index (χ0) is 23.9. The van der Waals surface area contributed by atoms with Crippen LogP contribution in [0.3, 0.4) is 0 Å². The molecule has 5 nitrogen and oxygen atoms in total. The van der Waals surface area contributed by atoms with E-state index in [1.165, 1.54) is 11.8 Å². The molecule has 3 heterocycles. The molecule has 5 aromatic rings. The van der Waals surface area contributed by atoms with Crippen molar-refractivity contribution in [1.29, 1.82) is 15.8 Å². The van der Waals surface area contributed by atoms with Crippen molar-refractivity contribution in [3.63, 3.8) is 0 Å². The van der Waals surface area contributed by atoms with E-state index in [2.05, 4.69) is 12.1 Å². The van der Waals surface area contributed by atoms with Crippen LogP contribution in [-0.4, -0.2) is 9.61 Å². The maximum Gasteiger partial charge on any atom is 0.158 e. The standard InChI is InChI=1S/C28H13N5S2/c29-14-17(15-30)24-19-10-4-6-12-22(19)34-27(24)32-26-21(16-31)25-20-11-5-7-13-23(20)35-28(25)33(26)18-8-2-1-3-9-18/h1-13H/b32-27-. The van der Waals surface area contributed by atoms with Crippen molar-refractivity contribution in [2.24, 2.45) is 4.99 Å². The molecule has 1 aliphatic rings. The Morgan fingerprint density at radius 3 is 2.31 bits per heavy atom. The van der Waals surface area contributed by atoms with Crippen molar-refractivity contribution in [3.8, 4) is 23.9 Å². The third-order valence-electron chi connectivity index (χ3n) is 5.85. The van der Waals surface area contributed by atoms with Crippen molar-refractivity contribution in [2.45, 2.75) is 4.90 Å². The molecule has 1 aliphatic heterocycles. The van der Waals surface area contributed by atoms with E-state index in [1.807, 2.05) is 89.5 Å². The first-order valence-corrected chi connectivity index (χ1v) is 12.3. The van der Waals surface area contributed by atoms with Crippen LogP contribution < -0.4 is 0 Å². The van der Waals surface area contributed by atoms with Gasteiger partial charge in [0.2, 0.25) is 0 Å². The molecule has 35 heavy (non-hydrogen) atoms. The van der Waals surface area contributed by atoms with Crippen LogP contribution in [-0.2, 0) is 0 Å². The van der Waals surface area contributed by atoms with E-state index in [0.29, 0.717) is 22.0 Å². The second-order valence-corrected chi connectivity index (χ2v) is 9.81. The molecule has 0 saturated heterocycles. The van der Waals surface area contributed by atoms with Crippen molar-refractivity contribution in [1.82, 2.24) is 4.57 Å². The molecular weight excluding hydrogens is 470 g/mol. The molecule has 162 valence electrons. The summed E-state index contributed by atoms with van der Waals surface area (Å²) >= 11 is 3.02. The van der Waals surface area contributed by atoms with Crippen molar-refractivity contribution >= 4 is 59.8 Å². The number of para-hydroxylation sites is 1. The minimum absolute atomic E-state index is 0.00443. The monoisotopic (exact) mass is 483 g/mol. The zero-order valence-corrected chi connectivity index (χ0v) is 19.7. The van der Waals surface area contributed by atoms with Gasteiger partial charge in [0.1, 0.15) is 39.2 Å². The number of rotatable bonds is 2. The van der Waals surface area contributed by atoms with Crippen molar-refractivity contribution < 1.29 is 0 Å². The second kappa shape index (κ2) is 8.31. The number of allylic oxidation sites excluding steroid dienone is 1. The second-order valence-electron chi connectivity index (χ2n) is 7.75. The smallest absolute Gasteiger partial charge is 0.158 e. The van der Waals surface area contributed by atoms with Crippen LogP contribution >= 0.6 is 23.1 Å². The predicted octanol–water partition coefficient (Wildman–Crippen LogP) is 7.35. The summed E-state index contributed by atoms with van der Waals surface area (Å²) in [4.78, 5) is 6.86. The highest BCUT2D eigenvalue weighted by atomic mass is 32.2. The van der Waals surface area contributed by atoms with Gasteiger partial charge >= 0.3 is 0 Å². The first-order chi connectivity index (χ1) is 17.2. The third kappa shape index (κ3) is 3.17. The van der Waals surface area contributed by atoms with E-state index in [0.717, 1.165) is 36.4 Å². The summed E-state index contributed by atoms with van der Waals surface area (Å²) in [5.74, 6) is 0.494. The highest BCUT2D eigenvalue weighted by molar-refractivity contribution is 8.15. The van der Waals surface area contributed by atoms with Crippen molar-refractivity contribution in [2.75, 3.05) is 0 Å². The summed E-state index contributed by atoms with van der Waals surface area (Å²) in [5.41, 5.74) is 2.67.